The molecule has 4 rings (SSSR count). The molecular weight excluding hydrogens is 280 g/mol. The molecule has 0 aliphatic heterocycles. The lowest BCUT2D eigenvalue weighted by atomic mass is 9.97. The van der Waals surface area contributed by atoms with Crippen LogP contribution < -0.4 is 5.73 Å². The first-order valence-corrected chi connectivity index (χ1v) is 8.05. The molecule has 0 aromatic carbocycles. The molecule has 5 heteroatoms. The molecule has 0 amide bonds. The number of thiophene rings is 1. The largest absolute Gasteiger partial charge is 0.383 e. The van der Waals surface area contributed by atoms with E-state index in [9.17, 15) is 0 Å². The normalized spacial score (nSPS) is 14.3. The van der Waals surface area contributed by atoms with Crippen molar-refractivity contribution in [3.8, 4) is 11.5 Å². The Balaban J connectivity index is 1.96. The van der Waals surface area contributed by atoms with Crippen LogP contribution in [-0.4, -0.2) is 15.0 Å². The van der Waals surface area contributed by atoms with Gasteiger partial charge in [0.15, 0.2) is 5.82 Å². The molecule has 3 heterocycles. The number of rotatable bonds is 1. The van der Waals surface area contributed by atoms with Gasteiger partial charge in [-0.25, -0.2) is 9.97 Å². The zero-order valence-corrected chi connectivity index (χ0v) is 12.7. The van der Waals surface area contributed by atoms with Gasteiger partial charge in [0.05, 0.1) is 5.39 Å². The molecular formula is C16H16N4S. The van der Waals surface area contributed by atoms with Crippen molar-refractivity contribution in [2.45, 2.75) is 32.6 Å². The van der Waals surface area contributed by atoms with Crippen LogP contribution in [0.5, 0.6) is 0 Å². The van der Waals surface area contributed by atoms with E-state index in [1.807, 2.05) is 19.1 Å². The van der Waals surface area contributed by atoms with Gasteiger partial charge in [-0.15, -0.1) is 11.3 Å². The van der Waals surface area contributed by atoms with Crippen LogP contribution in [0.15, 0.2) is 18.3 Å². The van der Waals surface area contributed by atoms with Gasteiger partial charge in [-0.05, 0) is 49.8 Å². The molecule has 0 bridgehead atoms. The third-order valence-corrected chi connectivity index (χ3v) is 5.25. The van der Waals surface area contributed by atoms with Gasteiger partial charge < -0.3 is 5.73 Å². The fourth-order valence-corrected chi connectivity index (χ4v) is 4.28. The fraction of sp³-hybridized carbons (Fsp3) is 0.312. The Morgan fingerprint density at radius 1 is 1.19 bits per heavy atom. The molecule has 0 spiro atoms. The smallest absolute Gasteiger partial charge is 0.181 e. The summed E-state index contributed by atoms with van der Waals surface area (Å²) < 4.78 is 0. The summed E-state index contributed by atoms with van der Waals surface area (Å²) in [5.74, 6) is 1.23. The van der Waals surface area contributed by atoms with Crippen molar-refractivity contribution in [1.29, 1.82) is 0 Å². The van der Waals surface area contributed by atoms with Crippen LogP contribution in [-0.2, 0) is 12.8 Å². The molecule has 0 fully saturated rings. The summed E-state index contributed by atoms with van der Waals surface area (Å²) in [4.78, 5) is 16.1. The highest BCUT2D eigenvalue weighted by Gasteiger charge is 2.20. The summed E-state index contributed by atoms with van der Waals surface area (Å²) in [7, 11) is 0. The number of aryl methyl sites for hydroxylation is 3. The highest BCUT2D eigenvalue weighted by atomic mass is 32.1. The van der Waals surface area contributed by atoms with Crippen molar-refractivity contribution in [3.05, 3.63) is 34.3 Å². The molecule has 21 heavy (non-hydrogen) atoms. The van der Waals surface area contributed by atoms with Gasteiger partial charge in [-0.1, -0.05) is 6.07 Å². The van der Waals surface area contributed by atoms with Crippen LogP contribution in [0, 0.1) is 6.92 Å². The maximum atomic E-state index is 6.24. The summed E-state index contributed by atoms with van der Waals surface area (Å²) in [5, 5.41) is 1.08. The molecule has 0 saturated carbocycles. The van der Waals surface area contributed by atoms with E-state index < -0.39 is 0 Å². The second kappa shape index (κ2) is 4.77. The maximum Gasteiger partial charge on any atom is 0.181 e. The lowest BCUT2D eigenvalue weighted by Crippen LogP contribution is -2.02. The van der Waals surface area contributed by atoms with Gasteiger partial charge in [-0.3, -0.25) is 4.98 Å². The summed E-state index contributed by atoms with van der Waals surface area (Å²) in [6, 6.07) is 3.94. The van der Waals surface area contributed by atoms with E-state index in [1.54, 1.807) is 17.5 Å². The molecule has 4 nitrogen and oxygen atoms in total. The van der Waals surface area contributed by atoms with Gasteiger partial charge in [0.1, 0.15) is 16.3 Å². The average molecular weight is 296 g/mol. The van der Waals surface area contributed by atoms with Crippen LogP contribution in [0.2, 0.25) is 0 Å². The van der Waals surface area contributed by atoms with Crippen molar-refractivity contribution in [2.24, 2.45) is 0 Å². The van der Waals surface area contributed by atoms with Crippen LogP contribution in [0.1, 0.15) is 28.8 Å². The Labute approximate surface area is 127 Å². The minimum absolute atomic E-state index is 0.597. The first kappa shape index (κ1) is 12.7. The monoisotopic (exact) mass is 296 g/mol. The highest BCUT2D eigenvalue weighted by molar-refractivity contribution is 7.19. The number of hydrogen-bond acceptors (Lipinski definition) is 5. The standard InChI is InChI=1S/C16H16N4S/c1-9-5-4-8-18-13(9)15-19-14(17)12-10-6-2-3-7-11(10)21-16(12)20-15/h4-5,8H,2-3,6-7H2,1H3,(H2,17,19,20). The van der Waals surface area contributed by atoms with E-state index in [2.05, 4.69) is 9.97 Å². The number of nitrogens with zero attached hydrogens (tertiary/aromatic N) is 3. The summed E-state index contributed by atoms with van der Waals surface area (Å²) in [5.41, 5.74) is 9.50. The summed E-state index contributed by atoms with van der Waals surface area (Å²) >= 11 is 1.77. The van der Waals surface area contributed by atoms with Crippen LogP contribution >= 0.6 is 11.3 Å². The van der Waals surface area contributed by atoms with Crippen molar-refractivity contribution in [3.63, 3.8) is 0 Å². The lowest BCUT2D eigenvalue weighted by Gasteiger charge is -2.10. The predicted octanol–water partition coefficient (Wildman–Crippen LogP) is 3.52. The minimum Gasteiger partial charge on any atom is -0.383 e. The second-order valence-corrected chi connectivity index (χ2v) is 6.58. The van der Waals surface area contributed by atoms with E-state index in [0.717, 1.165) is 34.3 Å². The zero-order chi connectivity index (χ0) is 14.4. The molecule has 3 aromatic rings. The first-order chi connectivity index (χ1) is 10.2. The zero-order valence-electron chi connectivity index (χ0n) is 11.9. The van der Waals surface area contributed by atoms with Crippen LogP contribution in [0.25, 0.3) is 21.7 Å². The summed E-state index contributed by atoms with van der Waals surface area (Å²) in [6.07, 6.45) is 6.52. The van der Waals surface area contributed by atoms with Crippen LogP contribution in [0.3, 0.4) is 0 Å². The van der Waals surface area contributed by atoms with E-state index >= 15 is 0 Å². The van der Waals surface area contributed by atoms with E-state index in [1.165, 1.54) is 23.3 Å². The van der Waals surface area contributed by atoms with Crippen molar-refractivity contribution >= 4 is 27.4 Å². The molecule has 0 radical (unpaired) electrons. The molecule has 0 atom stereocenters. The molecule has 2 N–H and O–H groups in total. The third kappa shape index (κ3) is 2.00. The Bertz CT molecular complexity index is 838. The van der Waals surface area contributed by atoms with E-state index in [0.29, 0.717) is 11.6 Å². The van der Waals surface area contributed by atoms with Gasteiger partial charge in [0.2, 0.25) is 0 Å². The van der Waals surface area contributed by atoms with Crippen LogP contribution in [0.4, 0.5) is 5.82 Å². The van der Waals surface area contributed by atoms with Gasteiger partial charge in [0.25, 0.3) is 0 Å². The van der Waals surface area contributed by atoms with Crippen molar-refractivity contribution < 1.29 is 0 Å². The maximum absolute atomic E-state index is 6.24. The first-order valence-electron chi connectivity index (χ1n) is 7.24. The molecule has 1 aliphatic rings. The number of nitrogens with two attached hydrogens (primary N) is 1. The SMILES string of the molecule is Cc1cccnc1-c1nc(N)c2c3c(sc2n1)CCCC3. The van der Waals surface area contributed by atoms with Crippen molar-refractivity contribution in [2.75, 3.05) is 5.73 Å². The number of hydrogen-bond donors (Lipinski definition) is 1. The van der Waals surface area contributed by atoms with E-state index in [-0.39, 0.29) is 0 Å². The molecule has 106 valence electrons. The number of nitrogen functional groups attached to an aromatic ring is 1. The Hall–Kier alpha value is -2.01. The average Bonchev–Trinajstić information content (AvgIpc) is 2.86. The Kier molecular flexibility index (Phi) is 2.89. The fourth-order valence-electron chi connectivity index (χ4n) is 3.01. The Morgan fingerprint density at radius 2 is 2.05 bits per heavy atom. The summed E-state index contributed by atoms with van der Waals surface area (Å²) in [6.45, 7) is 2.02. The minimum atomic E-state index is 0.597. The molecule has 3 aromatic heterocycles. The predicted molar refractivity (Wildman–Crippen MR) is 86.4 cm³/mol. The molecule has 1 aliphatic carbocycles. The Morgan fingerprint density at radius 3 is 2.90 bits per heavy atom. The van der Waals surface area contributed by atoms with Gasteiger partial charge >= 0.3 is 0 Å². The second-order valence-electron chi connectivity index (χ2n) is 5.49. The van der Waals surface area contributed by atoms with Crippen molar-refractivity contribution in [1.82, 2.24) is 15.0 Å². The number of pyridine rings is 1. The van der Waals surface area contributed by atoms with Gasteiger partial charge in [0, 0.05) is 11.1 Å². The van der Waals surface area contributed by atoms with Gasteiger partial charge in [-0.2, -0.15) is 0 Å². The molecule has 0 unspecified atom stereocenters. The number of aromatic nitrogens is 3. The third-order valence-electron chi connectivity index (χ3n) is 4.06. The lowest BCUT2D eigenvalue weighted by molar-refractivity contribution is 0.700. The van der Waals surface area contributed by atoms with E-state index in [4.69, 9.17) is 10.7 Å². The highest BCUT2D eigenvalue weighted by Crippen LogP contribution is 2.38. The molecule has 0 saturated heterocycles. The number of anilines is 1. The quantitative estimate of drug-likeness (QED) is 0.746. The number of fused-ring (bicyclic) bond motifs is 3. The topological polar surface area (TPSA) is 64.7 Å².